The molecule has 1 saturated heterocycles. The first-order chi connectivity index (χ1) is 14.3. The third-order valence-electron chi connectivity index (χ3n) is 5.42. The Morgan fingerprint density at radius 2 is 2.10 bits per heavy atom. The molecule has 6 nitrogen and oxygen atoms in total. The van der Waals surface area contributed by atoms with E-state index in [4.69, 9.17) is 11.6 Å². The van der Waals surface area contributed by atoms with E-state index in [1.807, 2.05) is 0 Å². The Kier molecular flexibility index (Phi) is 5.71. The molecule has 2 aromatic heterocycles. The van der Waals surface area contributed by atoms with Crippen LogP contribution in [0.15, 0.2) is 36.8 Å². The van der Waals surface area contributed by atoms with Crippen LogP contribution in [0.2, 0.25) is 5.02 Å². The fourth-order valence-electron chi connectivity index (χ4n) is 3.85. The predicted molar refractivity (Wildman–Crippen MR) is 111 cm³/mol. The lowest BCUT2D eigenvalue weighted by atomic mass is 10.0. The summed E-state index contributed by atoms with van der Waals surface area (Å²) >= 11 is 6.40. The summed E-state index contributed by atoms with van der Waals surface area (Å²) < 4.78 is 28.1. The molecule has 1 atom stereocenters. The molecule has 9 heteroatoms. The van der Waals surface area contributed by atoms with Gasteiger partial charge in [0.2, 0.25) is 0 Å². The van der Waals surface area contributed by atoms with Crippen molar-refractivity contribution >= 4 is 28.4 Å². The zero-order valence-corrected chi connectivity index (χ0v) is 17.2. The Labute approximate surface area is 177 Å². The van der Waals surface area contributed by atoms with Crippen molar-refractivity contribution in [2.45, 2.75) is 31.7 Å². The van der Waals surface area contributed by atoms with Crippen LogP contribution < -0.4 is 5.32 Å². The molecule has 0 bridgehead atoms. The number of aromatic nitrogens is 3. The normalized spacial score (nSPS) is 17.7. The fraction of sp³-hybridized carbons (Fsp3) is 0.381. The summed E-state index contributed by atoms with van der Waals surface area (Å²) in [6.07, 6.45) is 5.27. The van der Waals surface area contributed by atoms with Gasteiger partial charge in [0.1, 0.15) is 5.82 Å². The Bertz CT molecular complexity index is 1050. The minimum atomic E-state index is -2.76. The maximum absolute atomic E-state index is 14.0. The van der Waals surface area contributed by atoms with Gasteiger partial charge in [-0.3, -0.25) is 9.69 Å². The topological polar surface area (TPSA) is 73.9 Å². The van der Waals surface area contributed by atoms with Crippen LogP contribution in [-0.2, 0) is 0 Å². The summed E-state index contributed by atoms with van der Waals surface area (Å²) in [5.41, 5.74) is 1.86. The van der Waals surface area contributed by atoms with E-state index in [1.165, 1.54) is 0 Å². The van der Waals surface area contributed by atoms with Crippen molar-refractivity contribution in [1.29, 1.82) is 0 Å². The van der Waals surface area contributed by atoms with E-state index in [2.05, 4.69) is 20.3 Å². The smallest absolute Gasteiger partial charge is 0.260 e. The van der Waals surface area contributed by atoms with Gasteiger partial charge < -0.3 is 10.3 Å². The van der Waals surface area contributed by atoms with Crippen molar-refractivity contribution in [1.82, 2.24) is 25.2 Å². The molecular weight excluding hydrogens is 412 g/mol. The lowest BCUT2D eigenvalue weighted by Crippen LogP contribution is -2.47. The largest absolute Gasteiger partial charge is 0.361 e. The number of aromatic amines is 1. The summed E-state index contributed by atoms with van der Waals surface area (Å²) in [5.74, 6) is -2.52. The number of benzene rings is 1. The molecule has 0 aliphatic carbocycles. The number of piperidine rings is 1. The van der Waals surface area contributed by atoms with Crippen LogP contribution in [0.5, 0.6) is 0 Å². The zero-order valence-electron chi connectivity index (χ0n) is 16.5. The van der Waals surface area contributed by atoms with Crippen molar-refractivity contribution in [3.63, 3.8) is 0 Å². The number of hydrogen-bond acceptors (Lipinski definition) is 4. The van der Waals surface area contributed by atoms with Crippen LogP contribution in [0.1, 0.15) is 40.6 Å². The molecule has 1 fully saturated rings. The van der Waals surface area contributed by atoms with E-state index in [1.54, 1.807) is 48.6 Å². The first-order valence-electron chi connectivity index (χ1n) is 9.78. The molecule has 0 radical (unpaired) electrons. The minimum Gasteiger partial charge on any atom is -0.361 e. The molecule has 3 aromatic rings. The molecule has 3 heterocycles. The van der Waals surface area contributed by atoms with Crippen molar-refractivity contribution < 1.29 is 13.6 Å². The molecule has 1 aliphatic heterocycles. The number of halogens is 3. The van der Waals surface area contributed by atoms with Crippen molar-refractivity contribution in [3.8, 4) is 0 Å². The van der Waals surface area contributed by atoms with E-state index < -0.39 is 12.0 Å². The first kappa shape index (κ1) is 20.7. The van der Waals surface area contributed by atoms with E-state index in [-0.39, 0.29) is 25.4 Å². The number of fused-ring (bicyclic) bond motifs is 1. The Balaban J connectivity index is 1.55. The maximum Gasteiger partial charge on any atom is 0.260 e. The van der Waals surface area contributed by atoms with Crippen molar-refractivity contribution in [2.24, 2.45) is 0 Å². The van der Waals surface area contributed by atoms with Gasteiger partial charge in [-0.1, -0.05) is 11.6 Å². The molecule has 1 aliphatic rings. The first-order valence-corrected chi connectivity index (χ1v) is 10.2. The fourth-order valence-corrected chi connectivity index (χ4v) is 4.16. The molecule has 0 saturated carbocycles. The summed E-state index contributed by atoms with van der Waals surface area (Å²) in [6, 6.07) is 4.77. The highest BCUT2D eigenvalue weighted by atomic mass is 35.5. The van der Waals surface area contributed by atoms with Crippen molar-refractivity contribution in [2.75, 3.05) is 19.6 Å². The molecule has 158 valence electrons. The second-order valence-electron chi connectivity index (χ2n) is 7.59. The Hall–Kier alpha value is -2.58. The van der Waals surface area contributed by atoms with Crippen molar-refractivity contribution in [3.05, 3.63) is 58.8 Å². The zero-order chi connectivity index (χ0) is 21.3. The van der Waals surface area contributed by atoms with Gasteiger partial charge >= 0.3 is 0 Å². The number of hydrogen-bond donors (Lipinski definition) is 2. The maximum atomic E-state index is 14.0. The third-order valence-corrected chi connectivity index (χ3v) is 5.83. The molecular formula is C21H22ClF2N5O. The van der Waals surface area contributed by atoms with E-state index in [0.29, 0.717) is 34.9 Å². The minimum absolute atomic E-state index is 0.126. The lowest BCUT2D eigenvalue weighted by molar-refractivity contribution is -0.0751. The second-order valence-corrected chi connectivity index (χ2v) is 7.96. The number of carbonyl (C=O) groups excluding carboxylic acids is 1. The molecule has 2 N–H and O–H groups in total. The molecule has 1 unspecified atom stereocenters. The van der Waals surface area contributed by atoms with Gasteiger partial charge in [0.15, 0.2) is 0 Å². The number of nitrogens with zero attached hydrogens (tertiary/aromatic N) is 3. The summed E-state index contributed by atoms with van der Waals surface area (Å²) in [5, 5.41) is 3.96. The van der Waals surface area contributed by atoms with E-state index in [9.17, 15) is 13.6 Å². The molecule has 4 rings (SSSR count). The second kappa shape index (κ2) is 8.28. The number of likely N-dealkylation sites (tertiary alicyclic amines) is 1. The highest BCUT2D eigenvalue weighted by Gasteiger charge is 2.38. The third kappa shape index (κ3) is 4.29. The van der Waals surface area contributed by atoms with Gasteiger partial charge in [0, 0.05) is 48.0 Å². The number of alkyl halides is 2. The average molecular weight is 434 g/mol. The summed E-state index contributed by atoms with van der Waals surface area (Å²) in [7, 11) is 0. The predicted octanol–water partition coefficient (Wildman–Crippen LogP) is 4.12. The molecule has 1 amide bonds. The summed E-state index contributed by atoms with van der Waals surface area (Å²) in [4.78, 5) is 26.0. The number of H-pyrrole nitrogens is 1. The number of carbonyl (C=O) groups is 1. The van der Waals surface area contributed by atoms with Gasteiger partial charge in [0.25, 0.3) is 11.8 Å². The van der Waals surface area contributed by atoms with Crippen LogP contribution in [0.3, 0.4) is 0 Å². The van der Waals surface area contributed by atoms with Crippen LogP contribution in [-0.4, -0.2) is 51.3 Å². The van der Waals surface area contributed by atoms with E-state index >= 15 is 0 Å². The van der Waals surface area contributed by atoms with Gasteiger partial charge in [0.05, 0.1) is 23.2 Å². The lowest BCUT2D eigenvalue weighted by Gasteiger charge is -2.38. The molecule has 0 spiro atoms. The number of nitrogens with one attached hydrogen (secondary N) is 2. The Morgan fingerprint density at radius 1 is 1.33 bits per heavy atom. The van der Waals surface area contributed by atoms with E-state index in [0.717, 1.165) is 10.9 Å². The number of amides is 1. The van der Waals surface area contributed by atoms with Gasteiger partial charge in [-0.05, 0) is 38.1 Å². The standard InChI is InChI=1S/C21H22ClF2N5O/c1-13-26-9-14(10-27-13)18(29-8-2-6-21(23,24)12-29)11-28-20(30)16-3-4-17-15(19(16)22)5-7-25-17/h3-5,7,9-10,18,25H,2,6,8,11-12H2,1H3,(H,28,30). The van der Waals surface area contributed by atoms with Crippen LogP contribution in [0, 0.1) is 6.92 Å². The average Bonchev–Trinajstić information content (AvgIpc) is 3.19. The van der Waals surface area contributed by atoms with Crippen LogP contribution in [0.4, 0.5) is 8.78 Å². The van der Waals surface area contributed by atoms with Crippen LogP contribution >= 0.6 is 11.6 Å². The van der Waals surface area contributed by atoms with Gasteiger partial charge in [-0.15, -0.1) is 0 Å². The van der Waals surface area contributed by atoms with Gasteiger partial charge in [-0.25, -0.2) is 18.7 Å². The number of rotatable bonds is 5. The van der Waals surface area contributed by atoms with Gasteiger partial charge in [-0.2, -0.15) is 0 Å². The molecule has 1 aromatic carbocycles. The number of aryl methyl sites for hydroxylation is 1. The highest BCUT2D eigenvalue weighted by molar-refractivity contribution is 6.38. The summed E-state index contributed by atoms with van der Waals surface area (Å²) in [6.45, 7) is 2.05. The Morgan fingerprint density at radius 3 is 2.83 bits per heavy atom. The molecule has 30 heavy (non-hydrogen) atoms. The quantitative estimate of drug-likeness (QED) is 0.634. The monoisotopic (exact) mass is 433 g/mol. The highest BCUT2D eigenvalue weighted by Crippen LogP contribution is 2.32. The van der Waals surface area contributed by atoms with Crippen LogP contribution in [0.25, 0.3) is 10.9 Å². The SMILES string of the molecule is Cc1ncc(C(CNC(=O)c2ccc3[nH]ccc3c2Cl)N2CCCC(F)(F)C2)cn1.